The standard InChI is InChI=1S/C18H16N4O2/c23-18(14-5-1-3-13-4-2-6-21-17(13)14)22-9-10-24-16(12-22)15-11-19-7-8-20-15/h1-8,11,16H,9-10,12H2/t16-/m0/s1. The van der Waals surface area contributed by atoms with Gasteiger partial charge in [-0.05, 0) is 12.1 Å². The summed E-state index contributed by atoms with van der Waals surface area (Å²) in [5.41, 5.74) is 2.09. The highest BCUT2D eigenvalue weighted by molar-refractivity contribution is 6.05. The lowest BCUT2D eigenvalue weighted by Gasteiger charge is -2.32. The Balaban J connectivity index is 1.62. The molecule has 1 fully saturated rings. The van der Waals surface area contributed by atoms with Gasteiger partial charge in [0.1, 0.15) is 6.10 Å². The largest absolute Gasteiger partial charge is 0.368 e. The maximum atomic E-state index is 13.0. The van der Waals surface area contributed by atoms with Crippen LogP contribution < -0.4 is 0 Å². The average Bonchev–Trinajstić information content (AvgIpc) is 2.68. The Bertz CT molecular complexity index is 864. The summed E-state index contributed by atoms with van der Waals surface area (Å²) in [6, 6.07) is 9.50. The normalized spacial score (nSPS) is 17.8. The van der Waals surface area contributed by atoms with Crippen LogP contribution in [0.5, 0.6) is 0 Å². The number of hydrogen-bond acceptors (Lipinski definition) is 5. The molecule has 0 unspecified atom stereocenters. The molecule has 0 bridgehead atoms. The minimum absolute atomic E-state index is 0.0310. The van der Waals surface area contributed by atoms with Gasteiger partial charge in [0.15, 0.2) is 0 Å². The van der Waals surface area contributed by atoms with Gasteiger partial charge in [-0.25, -0.2) is 0 Å². The van der Waals surface area contributed by atoms with E-state index in [1.807, 2.05) is 30.3 Å². The smallest absolute Gasteiger partial charge is 0.256 e. The van der Waals surface area contributed by atoms with E-state index in [1.54, 1.807) is 29.7 Å². The Morgan fingerprint density at radius 2 is 2.04 bits per heavy atom. The third kappa shape index (κ3) is 2.72. The number of para-hydroxylation sites is 1. The molecule has 3 heterocycles. The zero-order valence-corrected chi connectivity index (χ0v) is 13.0. The lowest BCUT2D eigenvalue weighted by atomic mass is 10.1. The van der Waals surface area contributed by atoms with Crippen molar-refractivity contribution in [2.75, 3.05) is 19.7 Å². The second kappa shape index (κ2) is 6.33. The topological polar surface area (TPSA) is 68.2 Å². The van der Waals surface area contributed by atoms with Gasteiger partial charge in [0, 0.05) is 30.5 Å². The summed E-state index contributed by atoms with van der Waals surface area (Å²) >= 11 is 0. The molecule has 6 nitrogen and oxygen atoms in total. The van der Waals surface area contributed by atoms with Crippen molar-refractivity contribution in [2.24, 2.45) is 0 Å². The van der Waals surface area contributed by atoms with Crippen molar-refractivity contribution < 1.29 is 9.53 Å². The molecule has 1 aliphatic rings. The minimum atomic E-state index is -0.251. The summed E-state index contributed by atoms with van der Waals surface area (Å²) in [6.45, 7) is 1.49. The van der Waals surface area contributed by atoms with Crippen LogP contribution in [0.15, 0.2) is 55.1 Å². The molecule has 120 valence electrons. The van der Waals surface area contributed by atoms with Gasteiger partial charge in [-0.3, -0.25) is 19.7 Å². The summed E-state index contributed by atoms with van der Waals surface area (Å²) < 4.78 is 5.76. The fraction of sp³-hybridized carbons (Fsp3) is 0.222. The highest BCUT2D eigenvalue weighted by Crippen LogP contribution is 2.23. The summed E-state index contributed by atoms with van der Waals surface area (Å²) in [5, 5.41) is 0.960. The van der Waals surface area contributed by atoms with Gasteiger partial charge in [-0.1, -0.05) is 18.2 Å². The summed E-state index contributed by atoms with van der Waals surface area (Å²) in [6.07, 6.45) is 6.39. The van der Waals surface area contributed by atoms with Crippen molar-refractivity contribution in [3.05, 3.63) is 66.4 Å². The van der Waals surface area contributed by atoms with E-state index in [-0.39, 0.29) is 12.0 Å². The second-order valence-corrected chi connectivity index (χ2v) is 5.62. The van der Waals surface area contributed by atoms with Crippen molar-refractivity contribution in [2.45, 2.75) is 6.10 Å². The molecular weight excluding hydrogens is 304 g/mol. The first kappa shape index (κ1) is 14.7. The Morgan fingerprint density at radius 3 is 2.92 bits per heavy atom. The fourth-order valence-electron chi connectivity index (χ4n) is 2.94. The first-order valence-electron chi connectivity index (χ1n) is 7.83. The van der Waals surface area contributed by atoms with Crippen molar-refractivity contribution >= 4 is 16.8 Å². The highest BCUT2D eigenvalue weighted by atomic mass is 16.5. The van der Waals surface area contributed by atoms with E-state index in [0.717, 1.165) is 16.6 Å². The van der Waals surface area contributed by atoms with Crippen molar-refractivity contribution in [3.63, 3.8) is 0 Å². The monoisotopic (exact) mass is 320 g/mol. The Labute approximate surface area is 139 Å². The van der Waals surface area contributed by atoms with Gasteiger partial charge in [0.25, 0.3) is 5.91 Å². The quantitative estimate of drug-likeness (QED) is 0.724. The molecule has 24 heavy (non-hydrogen) atoms. The average molecular weight is 320 g/mol. The molecule has 0 N–H and O–H groups in total. The Kier molecular flexibility index (Phi) is 3.88. The molecule has 1 atom stereocenters. The molecule has 1 aliphatic heterocycles. The first-order chi connectivity index (χ1) is 11.8. The molecule has 6 heteroatoms. The van der Waals surface area contributed by atoms with Gasteiger partial charge in [0.05, 0.1) is 36.1 Å². The van der Waals surface area contributed by atoms with Gasteiger partial charge >= 0.3 is 0 Å². The van der Waals surface area contributed by atoms with E-state index in [0.29, 0.717) is 25.3 Å². The Hall–Kier alpha value is -2.86. The maximum absolute atomic E-state index is 13.0. The number of aromatic nitrogens is 3. The second-order valence-electron chi connectivity index (χ2n) is 5.62. The molecule has 4 rings (SSSR count). The van der Waals surface area contributed by atoms with Crippen LogP contribution in [0.3, 0.4) is 0 Å². The lowest BCUT2D eigenvalue weighted by molar-refractivity contribution is -0.0248. The van der Waals surface area contributed by atoms with E-state index in [2.05, 4.69) is 15.0 Å². The van der Waals surface area contributed by atoms with E-state index in [1.165, 1.54) is 0 Å². The highest BCUT2D eigenvalue weighted by Gasteiger charge is 2.28. The molecule has 3 aromatic rings. The van der Waals surface area contributed by atoms with Crippen LogP contribution >= 0.6 is 0 Å². The van der Waals surface area contributed by atoms with E-state index >= 15 is 0 Å². The number of hydrogen-bond donors (Lipinski definition) is 0. The number of carbonyl (C=O) groups is 1. The van der Waals surface area contributed by atoms with Crippen LogP contribution in [0.1, 0.15) is 22.2 Å². The predicted molar refractivity (Wildman–Crippen MR) is 88.4 cm³/mol. The van der Waals surface area contributed by atoms with E-state index in [4.69, 9.17) is 4.74 Å². The number of morpholine rings is 1. The van der Waals surface area contributed by atoms with Gasteiger partial charge < -0.3 is 9.64 Å². The molecule has 1 amide bonds. The summed E-state index contributed by atoms with van der Waals surface area (Å²) in [4.78, 5) is 27.5. The van der Waals surface area contributed by atoms with Crippen LogP contribution in [0.25, 0.3) is 10.9 Å². The van der Waals surface area contributed by atoms with Crippen LogP contribution in [-0.4, -0.2) is 45.5 Å². The number of ether oxygens (including phenoxy) is 1. The van der Waals surface area contributed by atoms with Gasteiger partial charge in [0.2, 0.25) is 0 Å². The van der Waals surface area contributed by atoms with Crippen LogP contribution in [0.4, 0.5) is 0 Å². The van der Waals surface area contributed by atoms with E-state index in [9.17, 15) is 4.79 Å². The number of rotatable bonds is 2. The predicted octanol–water partition coefficient (Wildman–Crippen LogP) is 2.24. The van der Waals surface area contributed by atoms with E-state index < -0.39 is 0 Å². The minimum Gasteiger partial charge on any atom is -0.368 e. The number of benzene rings is 1. The van der Waals surface area contributed by atoms with Crippen LogP contribution in [0, 0.1) is 0 Å². The number of amides is 1. The molecular formula is C18H16N4O2. The van der Waals surface area contributed by atoms with Crippen molar-refractivity contribution in [1.82, 2.24) is 19.9 Å². The third-order valence-electron chi connectivity index (χ3n) is 4.13. The molecule has 0 aliphatic carbocycles. The van der Waals surface area contributed by atoms with Crippen LogP contribution in [0.2, 0.25) is 0 Å². The zero-order valence-electron chi connectivity index (χ0n) is 13.0. The van der Waals surface area contributed by atoms with Crippen LogP contribution in [-0.2, 0) is 4.74 Å². The molecule has 2 aromatic heterocycles. The molecule has 0 radical (unpaired) electrons. The maximum Gasteiger partial charge on any atom is 0.256 e. The number of fused-ring (bicyclic) bond motifs is 1. The summed E-state index contributed by atoms with van der Waals surface area (Å²) in [5.74, 6) is -0.0310. The molecule has 0 saturated carbocycles. The first-order valence-corrected chi connectivity index (χ1v) is 7.83. The van der Waals surface area contributed by atoms with Gasteiger partial charge in [-0.2, -0.15) is 0 Å². The number of nitrogens with zero attached hydrogens (tertiary/aromatic N) is 4. The van der Waals surface area contributed by atoms with Crippen molar-refractivity contribution in [1.29, 1.82) is 0 Å². The van der Waals surface area contributed by atoms with Crippen molar-refractivity contribution in [3.8, 4) is 0 Å². The third-order valence-corrected chi connectivity index (χ3v) is 4.13. The lowest BCUT2D eigenvalue weighted by Crippen LogP contribution is -2.42. The zero-order chi connectivity index (χ0) is 16.4. The Morgan fingerprint density at radius 1 is 1.12 bits per heavy atom. The fourth-order valence-corrected chi connectivity index (χ4v) is 2.94. The molecule has 1 saturated heterocycles. The SMILES string of the molecule is O=C(c1cccc2cccnc12)N1CCO[C@H](c2cnccn2)C1. The molecule has 0 spiro atoms. The summed E-state index contributed by atoms with van der Waals surface area (Å²) in [7, 11) is 0. The van der Waals surface area contributed by atoms with Gasteiger partial charge in [-0.15, -0.1) is 0 Å². The molecule has 1 aromatic carbocycles. The number of carbonyl (C=O) groups excluding carboxylic acids is 1. The number of pyridine rings is 1.